The van der Waals surface area contributed by atoms with Gasteiger partial charge in [0.1, 0.15) is 23.1 Å². The SMILES string of the molecule is CC[NH2+]CC.COP(=O)(O)OCc1c(F)cc(-c2ccc(-n3cc(C(C)(C)O)nc3C(C)(C)c3c(Cl)cccc3Cl)c(F)c2)cc1S(C)(=O)=O. The predicted molar refractivity (Wildman–Crippen MR) is 190 cm³/mol. The molecular formula is C34H43Cl2F2N3O7PS+. The van der Waals surface area contributed by atoms with Gasteiger partial charge < -0.3 is 15.3 Å². The van der Waals surface area contributed by atoms with Crippen LogP contribution in [0, 0.1) is 11.6 Å². The molecule has 1 aromatic heterocycles. The maximum absolute atomic E-state index is 16.0. The van der Waals surface area contributed by atoms with Gasteiger partial charge in [-0.3, -0.25) is 13.6 Å². The second-order valence-corrected chi connectivity index (χ2v) is 16.9. The Morgan fingerprint density at radius 3 is 2.04 bits per heavy atom. The van der Waals surface area contributed by atoms with Crippen LogP contribution in [0.1, 0.15) is 64.2 Å². The Kier molecular flexibility index (Phi) is 13.6. The maximum atomic E-state index is 16.0. The van der Waals surface area contributed by atoms with Crippen LogP contribution in [0.15, 0.2) is 59.6 Å². The predicted octanol–water partition coefficient (Wildman–Crippen LogP) is 6.93. The average Bonchev–Trinajstić information content (AvgIpc) is 3.47. The van der Waals surface area contributed by atoms with Gasteiger partial charge in [-0.05, 0) is 89.1 Å². The lowest BCUT2D eigenvalue weighted by molar-refractivity contribution is -0.648. The zero-order valence-electron chi connectivity index (χ0n) is 29.1. The summed E-state index contributed by atoms with van der Waals surface area (Å²) in [4.78, 5) is 13.7. The highest BCUT2D eigenvalue weighted by Gasteiger charge is 2.36. The summed E-state index contributed by atoms with van der Waals surface area (Å²) < 4.78 is 78.6. The number of sulfone groups is 1. The molecule has 3 aromatic carbocycles. The largest absolute Gasteiger partial charge is 0.472 e. The average molecular weight is 778 g/mol. The molecule has 1 atom stereocenters. The quantitative estimate of drug-likeness (QED) is 0.131. The number of aromatic nitrogens is 2. The number of hydrogen-bond acceptors (Lipinski definition) is 7. The Morgan fingerprint density at radius 1 is 0.980 bits per heavy atom. The molecule has 16 heteroatoms. The molecule has 10 nitrogen and oxygen atoms in total. The van der Waals surface area contributed by atoms with Crippen molar-refractivity contribution in [2.45, 2.75) is 64.1 Å². The minimum atomic E-state index is -4.54. The van der Waals surface area contributed by atoms with Crippen LogP contribution in [0.5, 0.6) is 0 Å². The van der Waals surface area contributed by atoms with Gasteiger partial charge in [0.15, 0.2) is 9.84 Å². The van der Waals surface area contributed by atoms with Crippen molar-refractivity contribution in [1.29, 1.82) is 0 Å². The number of hydrogen-bond donors (Lipinski definition) is 3. The van der Waals surface area contributed by atoms with Gasteiger partial charge in [0.05, 0.1) is 41.4 Å². The molecule has 4 rings (SSSR count). The van der Waals surface area contributed by atoms with Crippen LogP contribution >= 0.6 is 31.0 Å². The second-order valence-electron chi connectivity index (χ2n) is 12.5. The van der Waals surface area contributed by atoms with E-state index in [9.17, 15) is 23.0 Å². The molecule has 50 heavy (non-hydrogen) atoms. The smallest absolute Gasteiger partial charge is 0.384 e. The molecule has 0 bridgehead atoms. The molecule has 0 aliphatic carbocycles. The monoisotopic (exact) mass is 776 g/mol. The number of quaternary nitrogens is 1. The number of phosphoric acid groups is 1. The fourth-order valence-electron chi connectivity index (χ4n) is 5.12. The van der Waals surface area contributed by atoms with E-state index in [0.29, 0.717) is 21.4 Å². The highest BCUT2D eigenvalue weighted by molar-refractivity contribution is 7.90. The maximum Gasteiger partial charge on any atom is 0.472 e. The lowest BCUT2D eigenvalue weighted by Crippen LogP contribution is -2.82. The minimum absolute atomic E-state index is 0.0206. The molecule has 0 spiro atoms. The van der Waals surface area contributed by atoms with Crippen molar-refractivity contribution in [2.24, 2.45) is 0 Å². The van der Waals surface area contributed by atoms with Crippen molar-refractivity contribution in [3.05, 3.63) is 99.1 Å². The van der Waals surface area contributed by atoms with Crippen LogP contribution in [0.3, 0.4) is 0 Å². The summed E-state index contributed by atoms with van der Waals surface area (Å²) in [6.07, 6.45) is 2.33. The number of benzene rings is 3. The summed E-state index contributed by atoms with van der Waals surface area (Å²) in [5.41, 5.74) is -1.91. The first-order valence-electron chi connectivity index (χ1n) is 15.5. The van der Waals surface area contributed by atoms with Crippen molar-refractivity contribution in [3.63, 3.8) is 0 Å². The molecule has 0 aliphatic heterocycles. The van der Waals surface area contributed by atoms with Gasteiger partial charge in [0.2, 0.25) is 0 Å². The second kappa shape index (κ2) is 16.3. The summed E-state index contributed by atoms with van der Waals surface area (Å²) >= 11 is 13.1. The van der Waals surface area contributed by atoms with Crippen molar-refractivity contribution >= 4 is 40.9 Å². The summed E-state index contributed by atoms with van der Waals surface area (Å²) in [6.45, 7) is 12.6. The molecule has 0 saturated carbocycles. The molecule has 4 aromatic rings. The molecule has 1 heterocycles. The summed E-state index contributed by atoms with van der Waals surface area (Å²) in [7, 11) is -7.71. The lowest BCUT2D eigenvalue weighted by Gasteiger charge is -2.28. The van der Waals surface area contributed by atoms with Crippen LogP contribution in [0.2, 0.25) is 10.0 Å². The fraction of sp³-hybridized carbons (Fsp3) is 0.382. The molecule has 0 fully saturated rings. The first-order valence-corrected chi connectivity index (χ1v) is 19.7. The Morgan fingerprint density at radius 2 is 1.56 bits per heavy atom. The molecule has 0 amide bonds. The van der Waals surface area contributed by atoms with E-state index in [0.717, 1.165) is 31.6 Å². The molecule has 1 unspecified atom stereocenters. The Hall–Kier alpha value is -2.71. The number of aliphatic hydroxyl groups is 1. The van der Waals surface area contributed by atoms with E-state index in [-0.39, 0.29) is 22.5 Å². The molecule has 0 saturated heterocycles. The van der Waals surface area contributed by atoms with Crippen LogP contribution in [-0.4, -0.2) is 54.4 Å². The molecule has 4 N–H and O–H groups in total. The number of nitrogens with two attached hydrogens (primary N) is 1. The van der Waals surface area contributed by atoms with E-state index >= 15 is 8.78 Å². The number of nitrogens with zero attached hydrogens (tertiary/aromatic N) is 2. The third-order valence-electron chi connectivity index (χ3n) is 7.75. The summed E-state index contributed by atoms with van der Waals surface area (Å²) in [5, 5.41) is 13.7. The van der Waals surface area contributed by atoms with Gasteiger partial charge in [0, 0.05) is 40.7 Å². The van der Waals surface area contributed by atoms with E-state index in [1.54, 1.807) is 18.2 Å². The highest BCUT2D eigenvalue weighted by Crippen LogP contribution is 2.44. The molecule has 0 radical (unpaired) electrons. The van der Waals surface area contributed by atoms with E-state index in [4.69, 9.17) is 27.7 Å². The molecule has 274 valence electrons. The van der Waals surface area contributed by atoms with Gasteiger partial charge in [-0.2, -0.15) is 0 Å². The summed E-state index contributed by atoms with van der Waals surface area (Å²) in [6, 6.07) is 11.1. The van der Waals surface area contributed by atoms with Crippen molar-refractivity contribution in [2.75, 3.05) is 26.5 Å². The van der Waals surface area contributed by atoms with Crippen molar-refractivity contribution < 1.29 is 46.1 Å². The standard InChI is InChI=1S/C30H31Cl2F2N2O7PS.C4H11N/c1-29(2,27-20(31)8-7-9-21(27)32)28-35-26(30(3,4)37)15-36(28)24-11-10-17(12-23(24)34)18-13-22(33)19(16-43-44(38,39)42-5)25(14-18)45(6,40)41;1-3-5-4-2/h7-15,37H,16H2,1-6H3,(H,38,39);5H,3-4H2,1-2H3/p+1. The van der Waals surface area contributed by atoms with Gasteiger partial charge in [-0.1, -0.05) is 35.3 Å². The molecular weight excluding hydrogens is 734 g/mol. The van der Waals surface area contributed by atoms with Gasteiger partial charge in [-0.15, -0.1) is 0 Å². The summed E-state index contributed by atoms with van der Waals surface area (Å²) in [5.74, 6) is -1.52. The first-order chi connectivity index (χ1) is 23.1. The number of halogens is 4. The first kappa shape index (κ1) is 41.7. The third kappa shape index (κ3) is 9.78. The Labute approximate surface area is 301 Å². The van der Waals surface area contributed by atoms with Crippen LogP contribution in [-0.2, 0) is 41.1 Å². The zero-order valence-corrected chi connectivity index (χ0v) is 32.3. The van der Waals surface area contributed by atoms with Crippen LogP contribution in [0.25, 0.3) is 16.8 Å². The van der Waals surface area contributed by atoms with Crippen molar-refractivity contribution in [3.8, 4) is 16.8 Å². The zero-order chi connectivity index (χ0) is 37.8. The number of rotatable bonds is 12. The van der Waals surface area contributed by atoms with Crippen molar-refractivity contribution in [1.82, 2.24) is 9.55 Å². The van der Waals surface area contributed by atoms with E-state index in [1.807, 2.05) is 13.8 Å². The number of imidazole rings is 1. The normalized spacial score (nSPS) is 13.5. The van der Waals surface area contributed by atoms with Crippen LogP contribution < -0.4 is 5.32 Å². The van der Waals surface area contributed by atoms with Gasteiger partial charge in [0.25, 0.3) is 0 Å². The molecule has 0 aliphatic rings. The Balaban J connectivity index is 0.00000126. The minimum Gasteiger partial charge on any atom is -0.384 e. The third-order valence-corrected chi connectivity index (χ3v) is 10.5. The topological polar surface area (TPSA) is 145 Å². The number of phosphoric ester groups is 1. The Bertz CT molecular complexity index is 1980. The van der Waals surface area contributed by atoms with E-state index in [1.165, 1.54) is 49.8 Å². The van der Waals surface area contributed by atoms with Crippen LogP contribution in [0.4, 0.5) is 8.78 Å². The lowest BCUT2D eigenvalue weighted by atomic mass is 9.83. The van der Waals surface area contributed by atoms with Gasteiger partial charge in [-0.25, -0.2) is 26.7 Å². The fourth-order valence-corrected chi connectivity index (χ4v) is 7.34. The highest BCUT2D eigenvalue weighted by atomic mass is 35.5. The van der Waals surface area contributed by atoms with E-state index in [2.05, 4.69) is 28.7 Å². The van der Waals surface area contributed by atoms with Gasteiger partial charge >= 0.3 is 7.82 Å². The van der Waals surface area contributed by atoms with E-state index < -0.39 is 57.4 Å².